The molecule has 206 valence electrons. The van der Waals surface area contributed by atoms with Crippen molar-refractivity contribution >= 4 is 24.1 Å². The van der Waals surface area contributed by atoms with Crippen molar-refractivity contribution in [1.29, 1.82) is 0 Å². The Morgan fingerprint density at radius 1 is 1.03 bits per heavy atom. The van der Waals surface area contributed by atoms with E-state index in [1.54, 1.807) is 65.8 Å². The average Bonchev–Trinajstić information content (AvgIpc) is 3.06. The molecule has 0 unspecified atom stereocenters. The summed E-state index contributed by atoms with van der Waals surface area (Å²) >= 11 is 0. The fraction of sp³-hybridized carbons (Fsp3) is 0.630. The highest BCUT2D eigenvalue weighted by atomic mass is 16.6. The lowest BCUT2D eigenvalue weighted by atomic mass is 9.98. The zero-order valence-electron chi connectivity index (χ0n) is 23.2. The lowest BCUT2D eigenvalue weighted by molar-refractivity contribution is -0.159. The highest BCUT2D eigenvalue weighted by Gasteiger charge is 2.51. The smallest absolute Gasteiger partial charge is 0.420 e. The van der Waals surface area contributed by atoms with Crippen LogP contribution in [0.5, 0.6) is 5.75 Å². The first-order valence-electron chi connectivity index (χ1n) is 12.4. The third kappa shape index (κ3) is 8.65. The topological polar surface area (TPSA) is 120 Å². The molecule has 1 N–H and O–H groups in total. The second kappa shape index (κ2) is 11.8. The van der Waals surface area contributed by atoms with Crippen molar-refractivity contribution < 1.29 is 38.1 Å². The standard InChI is InChI=1S/C27H40N2O8/c1-16(2)14-18(23(31)36-26(3,4)5)28-22(30)21-19(15-17-12-10-11-13-20(17)34-9)29(24(32)35-21)25(33)37-27(6,7)8/h10-13,16,18-19,21H,14-15H2,1-9H3,(H,28,30)/t18-,19+,21-/m0/s1. The molecule has 2 rings (SSSR count). The van der Waals surface area contributed by atoms with Crippen LogP contribution in [-0.2, 0) is 30.2 Å². The summed E-state index contributed by atoms with van der Waals surface area (Å²) in [7, 11) is 1.50. The third-order valence-electron chi connectivity index (χ3n) is 5.29. The second-order valence-electron chi connectivity index (χ2n) is 11.5. The van der Waals surface area contributed by atoms with Gasteiger partial charge in [-0.3, -0.25) is 4.79 Å². The van der Waals surface area contributed by atoms with Crippen LogP contribution in [0.2, 0.25) is 0 Å². The number of carbonyl (C=O) groups excluding carboxylic acids is 4. The number of rotatable bonds is 8. The maximum Gasteiger partial charge on any atom is 0.420 e. The first kappa shape index (κ1) is 29.9. The van der Waals surface area contributed by atoms with E-state index in [2.05, 4.69) is 5.32 Å². The number of methoxy groups -OCH3 is 1. The number of hydrogen-bond donors (Lipinski definition) is 1. The molecule has 0 bridgehead atoms. The van der Waals surface area contributed by atoms with Gasteiger partial charge < -0.3 is 24.3 Å². The van der Waals surface area contributed by atoms with E-state index in [1.165, 1.54) is 7.11 Å². The van der Waals surface area contributed by atoms with E-state index >= 15 is 0 Å². The van der Waals surface area contributed by atoms with Crippen LogP contribution in [0.1, 0.15) is 67.4 Å². The number of carbonyl (C=O) groups is 4. The van der Waals surface area contributed by atoms with Gasteiger partial charge in [-0.15, -0.1) is 0 Å². The van der Waals surface area contributed by atoms with Crippen molar-refractivity contribution in [2.45, 2.75) is 97.6 Å². The number of cyclic esters (lactones) is 1. The van der Waals surface area contributed by atoms with E-state index in [0.717, 1.165) is 4.90 Å². The molecule has 0 radical (unpaired) electrons. The molecule has 1 aromatic rings. The SMILES string of the molecule is COc1ccccc1C[C@@H]1[C@@H](C(=O)N[C@@H](CC(C)C)C(=O)OC(C)(C)C)OC(=O)N1C(=O)OC(C)(C)C. The summed E-state index contributed by atoms with van der Waals surface area (Å²) in [5, 5.41) is 2.68. The summed E-state index contributed by atoms with van der Waals surface area (Å²) in [6, 6.07) is 5.06. The molecule has 1 aliphatic heterocycles. The van der Waals surface area contributed by atoms with Crippen molar-refractivity contribution in [2.24, 2.45) is 5.92 Å². The van der Waals surface area contributed by atoms with Crippen LogP contribution < -0.4 is 10.1 Å². The summed E-state index contributed by atoms with van der Waals surface area (Å²) in [4.78, 5) is 53.0. The Balaban J connectivity index is 2.40. The molecule has 37 heavy (non-hydrogen) atoms. The van der Waals surface area contributed by atoms with Gasteiger partial charge in [0.2, 0.25) is 6.10 Å². The molecule has 1 saturated heterocycles. The fourth-order valence-electron chi connectivity index (χ4n) is 3.87. The van der Waals surface area contributed by atoms with Crippen molar-refractivity contribution in [1.82, 2.24) is 10.2 Å². The Morgan fingerprint density at radius 3 is 2.16 bits per heavy atom. The number of amides is 3. The predicted octanol–water partition coefficient (Wildman–Crippen LogP) is 4.23. The lowest BCUT2D eigenvalue weighted by Gasteiger charge is -2.28. The number of nitrogens with zero attached hydrogens (tertiary/aromatic N) is 1. The Kier molecular flexibility index (Phi) is 9.57. The quantitative estimate of drug-likeness (QED) is 0.399. The summed E-state index contributed by atoms with van der Waals surface area (Å²) in [6.45, 7) is 14.0. The number of ether oxygens (including phenoxy) is 4. The number of benzene rings is 1. The highest BCUT2D eigenvalue weighted by Crippen LogP contribution is 2.29. The summed E-state index contributed by atoms with van der Waals surface area (Å²) in [5.41, 5.74) is -0.978. The Bertz CT molecular complexity index is 993. The third-order valence-corrected chi connectivity index (χ3v) is 5.29. The zero-order valence-corrected chi connectivity index (χ0v) is 23.2. The average molecular weight is 521 g/mol. The van der Waals surface area contributed by atoms with Crippen LogP contribution in [0.4, 0.5) is 9.59 Å². The molecular weight excluding hydrogens is 480 g/mol. The normalized spacial score (nSPS) is 18.8. The van der Waals surface area contributed by atoms with Crippen molar-refractivity contribution in [3.63, 3.8) is 0 Å². The van der Waals surface area contributed by atoms with Crippen LogP contribution in [0.15, 0.2) is 24.3 Å². The van der Waals surface area contributed by atoms with Gasteiger partial charge in [0.1, 0.15) is 23.0 Å². The van der Waals surface area contributed by atoms with E-state index in [-0.39, 0.29) is 12.3 Å². The Labute approximate surface area is 218 Å². The molecule has 1 aliphatic rings. The summed E-state index contributed by atoms with van der Waals surface area (Å²) in [6.07, 6.45) is -2.95. The highest BCUT2D eigenvalue weighted by molar-refractivity contribution is 5.96. The first-order valence-corrected chi connectivity index (χ1v) is 12.4. The van der Waals surface area contributed by atoms with E-state index in [1.807, 2.05) is 13.8 Å². The minimum absolute atomic E-state index is 0.0617. The van der Waals surface area contributed by atoms with Crippen LogP contribution >= 0.6 is 0 Å². The number of imide groups is 1. The molecular formula is C27H40N2O8. The molecule has 0 aliphatic carbocycles. The summed E-state index contributed by atoms with van der Waals surface area (Å²) < 4.78 is 21.7. The molecule has 0 spiro atoms. The van der Waals surface area contributed by atoms with Gasteiger partial charge in [-0.05, 0) is 65.5 Å². The Morgan fingerprint density at radius 2 is 1.62 bits per heavy atom. The van der Waals surface area contributed by atoms with Gasteiger partial charge in [0, 0.05) is 6.42 Å². The van der Waals surface area contributed by atoms with Gasteiger partial charge in [-0.2, -0.15) is 0 Å². The van der Waals surface area contributed by atoms with Crippen LogP contribution in [0.3, 0.4) is 0 Å². The maximum absolute atomic E-state index is 13.5. The lowest BCUT2D eigenvalue weighted by Crippen LogP contribution is -2.53. The van der Waals surface area contributed by atoms with Crippen molar-refractivity contribution in [3.8, 4) is 5.75 Å². The van der Waals surface area contributed by atoms with E-state index in [0.29, 0.717) is 17.7 Å². The van der Waals surface area contributed by atoms with Gasteiger partial charge >= 0.3 is 18.2 Å². The molecule has 0 aromatic heterocycles. The number of para-hydroxylation sites is 1. The molecule has 10 heteroatoms. The fourth-order valence-corrected chi connectivity index (χ4v) is 3.87. The molecule has 10 nitrogen and oxygen atoms in total. The monoisotopic (exact) mass is 520 g/mol. The number of hydrogen-bond acceptors (Lipinski definition) is 8. The van der Waals surface area contributed by atoms with Crippen molar-refractivity contribution in [3.05, 3.63) is 29.8 Å². The Hall–Kier alpha value is -3.30. The first-order chi connectivity index (χ1) is 17.0. The largest absolute Gasteiger partial charge is 0.496 e. The number of nitrogens with one attached hydrogen (secondary N) is 1. The number of esters is 1. The molecule has 1 fully saturated rings. The van der Waals surface area contributed by atoms with E-state index in [9.17, 15) is 19.2 Å². The second-order valence-corrected chi connectivity index (χ2v) is 11.5. The van der Waals surface area contributed by atoms with Gasteiger partial charge in [-0.25, -0.2) is 19.3 Å². The van der Waals surface area contributed by atoms with Gasteiger partial charge in [0.25, 0.3) is 5.91 Å². The van der Waals surface area contributed by atoms with Gasteiger partial charge in [0.15, 0.2) is 0 Å². The van der Waals surface area contributed by atoms with Crippen LogP contribution in [-0.4, -0.2) is 65.5 Å². The molecule has 0 saturated carbocycles. The summed E-state index contributed by atoms with van der Waals surface area (Å²) in [5.74, 6) is -0.719. The van der Waals surface area contributed by atoms with E-state index < -0.39 is 53.5 Å². The van der Waals surface area contributed by atoms with Gasteiger partial charge in [0.05, 0.1) is 13.2 Å². The van der Waals surface area contributed by atoms with Crippen LogP contribution in [0.25, 0.3) is 0 Å². The molecule has 3 amide bonds. The minimum atomic E-state index is -1.39. The predicted molar refractivity (Wildman–Crippen MR) is 136 cm³/mol. The minimum Gasteiger partial charge on any atom is -0.496 e. The van der Waals surface area contributed by atoms with Crippen LogP contribution in [0, 0.1) is 5.92 Å². The molecule has 1 heterocycles. The molecule has 1 aromatic carbocycles. The molecule has 3 atom stereocenters. The van der Waals surface area contributed by atoms with Crippen molar-refractivity contribution in [2.75, 3.05) is 7.11 Å². The van der Waals surface area contributed by atoms with Gasteiger partial charge in [-0.1, -0.05) is 32.0 Å². The zero-order chi connectivity index (χ0) is 28.1. The maximum atomic E-state index is 13.5. The van der Waals surface area contributed by atoms with E-state index in [4.69, 9.17) is 18.9 Å².